The van der Waals surface area contributed by atoms with E-state index < -0.39 is 0 Å². The van der Waals surface area contributed by atoms with E-state index in [9.17, 15) is 0 Å². The largest absolute Gasteiger partial charge is 0.384 e. The van der Waals surface area contributed by atoms with Crippen LogP contribution < -0.4 is 0 Å². The number of rotatable bonds is 1. The summed E-state index contributed by atoms with van der Waals surface area (Å²) in [6.07, 6.45) is 4.10. The lowest BCUT2D eigenvalue weighted by molar-refractivity contribution is 0.0373. The predicted octanol–water partition coefficient (Wildman–Crippen LogP) is -2.08. The highest BCUT2D eigenvalue weighted by molar-refractivity contribution is 6.94. The molecular formula is C5H15BOSi2. The average Bonchev–Trinajstić information content (AvgIpc) is 1.90. The molecule has 1 aliphatic heterocycles. The quantitative estimate of drug-likeness (QED) is 0.398. The lowest BCUT2D eigenvalue weighted by atomic mass is 10.2. The van der Waals surface area contributed by atoms with Crippen LogP contribution in [0.5, 0.6) is 0 Å². The average molecular weight is 158 g/mol. The Labute approximate surface area is 63.1 Å². The van der Waals surface area contributed by atoms with E-state index in [1.54, 1.807) is 0 Å². The molecule has 0 amide bonds. The molecule has 0 aromatic carbocycles. The smallest absolute Gasteiger partial charge is 0.0923 e. The Bertz CT molecular complexity index is 93.0. The van der Waals surface area contributed by atoms with Gasteiger partial charge in [0.05, 0.1) is 7.44 Å². The van der Waals surface area contributed by atoms with Crippen LogP contribution in [0.1, 0.15) is 19.3 Å². The number of hydrogen-bond acceptors (Lipinski definition) is 1. The molecule has 1 rings (SSSR count). The molecule has 0 aliphatic carbocycles. The molecule has 0 saturated carbocycles. The molecule has 4 heteroatoms. The molecule has 1 fully saturated rings. The fourth-order valence-electron chi connectivity index (χ4n) is 1.27. The Hall–Kier alpha value is 0.459. The van der Waals surface area contributed by atoms with Crippen molar-refractivity contribution in [1.82, 2.24) is 0 Å². The van der Waals surface area contributed by atoms with Crippen LogP contribution in [0.2, 0.25) is 0 Å². The summed E-state index contributed by atoms with van der Waals surface area (Å²) in [5.74, 6) is 0. The van der Waals surface area contributed by atoms with Crippen LogP contribution in [0.4, 0.5) is 0 Å². The molecule has 1 aliphatic rings. The van der Waals surface area contributed by atoms with Crippen LogP contribution in [0.25, 0.3) is 0 Å². The predicted molar refractivity (Wildman–Crippen MR) is 49.6 cm³/mol. The van der Waals surface area contributed by atoms with Crippen molar-refractivity contribution in [3.05, 3.63) is 0 Å². The molecule has 0 spiro atoms. The topological polar surface area (TPSA) is 9.23 Å². The lowest BCUT2D eigenvalue weighted by Gasteiger charge is -2.33. The summed E-state index contributed by atoms with van der Waals surface area (Å²) >= 11 is 0. The van der Waals surface area contributed by atoms with Gasteiger partial charge in [0.15, 0.2) is 0 Å². The SMILES string of the molecule is B[SiH2]C1([SiH3])CCCCO1. The van der Waals surface area contributed by atoms with E-state index in [1.807, 2.05) is 0 Å². The first kappa shape index (κ1) is 7.56. The molecule has 0 N–H and O–H groups in total. The highest BCUT2D eigenvalue weighted by atomic mass is 28.2. The van der Waals surface area contributed by atoms with E-state index >= 15 is 0 Å². The third kappa shape index (κ3) is 1.95. The minimum absolute atomic E-state index is 0.111. The number of hydrogen-bond donors (Lipinski definition) is 0. The maximum Gasteiger partial charge on any atom is 0.0923 e. The minimum Gasteiger partial charge on any atom is -0.384 e. The van der Waals surface area contributed by atoms with Gasteiger partial charge in [-0.3, -0.25) is 0 Å². The minimum atomic E-state index is 0.111. The van der Waals surface area contributed by atoms with Gasteiger partial charge in [-0.2, -0.15) is 0 Å². The summed E-state index contributed by atoms with van der Waals surface area (Å²) < 4.78 is 5.74. The van der Waals surface area contributed by atoms with Crippen LogP contribution >= 0.6 is 0 Å². The van der Waals surface area contributed by atoms with Gasteiger partial charge in [-0.25, -0.2) is 0 Å². The zero-order valence-corrected chi connectivity index (χ0v) is 9.86. The van der Waals surface area contributed by atoms with Crippen molar-refractivity contribution in [3.8, 4) is 0 Å². The maximum atomic E-state index is 5.74. The van der Waals surface area contributed by atoms with Crippen LogP contribution in [0.15, 0.2) is 0 Å². The zero-order chi connectivity index (χ0) is 6.74. The summed E-state index contributed by atoms with van der Waals surface area (Å²) in [6.45, 7) is 1.05. The zero-order valence-electron chi connectivity index (χ0n) is 6.44. The highest BCUT2D eigenvalue weighted by Crippen LogP contribution is 2.19. The highest BCUT2D eigenvalue weighted by Gasteiger charge is 2.24. The third-order valence-electron chi connectivity index (χ3n) is 2.30. The lowest BCUT2D eigenvalue weighted by Crippen LogP contribution is -2.43. The van der Waals surface area contributed by atoms with Crippen LogP contribution in [0, 0.1) is 0 Å². The van der Waals surface area contributed by atoms with E-state index in [1.165, 1.54) is 29.5 Å². The van der Waals surface area contributed by atoms with Gasteiger partial charge in [-0.15, -0.1) is 0 Å². The molecule has 0 bridgehead atoms. The maximum absolute atomic E-state index is 5.74. The van der Waals surface area contributed by atoms with Crippen molar-refractivity contribution in [1.29, 1.82) is 0 Å². The second-order valence-corrected chi connectivity index (χ2v) is 8.55. The fourth-order valence-corrected chi connectivity index (χ4v) is 2.78. The van der Waals surface area contributed by atoms with Crippen LogP contribution in [-0.4, -0.2) is 38.5 Å². The van der Waals surface area contributed by atoms with Gasteiger partial charge in [-0.05, 0) is 19.3 Å². The van der Waals surface area contributed by atoms with E-state index in [-0.39, 0.29) is 9.39 Å². The summed E-state index contributed by atoms with van der Waals surface area (Å²) in [6, 6.07) is 0. The summed E-state index contributed by atoms with van der Waals surface area (Å²) in [4.78, 5) is 0.498. The normalized spacial score (nSPS) is 38.2. The van der Waals surface area contributed by atoms with Crippen molar-refractivity contribution < 1.29 is 4.74 Å². The van der Waals surface area contributed by atoms with Crippen molar-refractivity contribution in [2.75, 3.05) is 6.61 Å². The molecule has 1 heterocycles. The van der Waals surface area contributed by atoms with Gasteiger partial charge in [0.25, 0.3) is 0 Å². The Morgan fingerprint density at radius 3 is 2.67 bits per heavy atom. The van der Waals surface area contributed by atoms with Crippen molar-refractivity contribution >= 4 is 27.1 Å². The molecule has 0 radical (unpaired) electrons. The first-order chi connectivity index (χ1) is 4.27. The van der Waals surface area contributed by atoms with E-state index in [0.29, 0.717) is 4.85 Å². The van der Waals surface area contributed by atoms with Crippen molar-refractivity contribution in [2.24, 2.45) is 0 Å². The standard InChI is InChI=1S/C5H15BOSi2/c6-9-5(8)3-1-2-4-7-5/h1-4,6,9H2,8H3. The van der Waals surface area contributed by atoms with Gasteiger partial charge in [0, 0.05) is 31.1 Å². The van der Waals surface area contributed by atoms with Gasteiger partial charge < -0.3 is 4.74 Å². The van der Waals surface area contributed by atoms with Gasteiger partial charge >= 0.3 is 0 Å². The molecule has 9 heavy (non-hydrogen) atoms. The van der Waals surface area contributed by atoms with E-state index in [0.717, 1.165) is 6.61 Å². The Kier molecular flexibility index (Phi) is 2.55. The molecule has 0 aromatic heterocycles. The van der Waals surface area contributed by atoms with Crippen LogP contribution in [0.3, 0.4) is 0 Å². The second-order valence-electron chi connectivity index (χ2n) is 3.11. The summed E-state index contributed by atoms with van der Waals surface area (Å²) in [5.41, 5.74) is 0. The Balaban J connectivity index is 2.37. The molecule has 1 unspecified atom stereocenters. The molecular weight excluding hydrogens is 143 g/mol. The Morgan fingerprint density at radius 1 is 1.56 bits per heavy atom. The summed E-state index contributed by atoms with van der Waals surface area (Å²) in [7, 11) is 3.75. The Morgan fingerprint density at radius 2 is 2.33 bits per heavy atom. The molecule has 0 aromatic rings. The van der Waals surface area contributed by atoms with Crippen LogP contribution in [-0.2, 0) is 4.74 Å². The van der Waals surface area contributed by atoms with Crippen molar-refractivity contribution in [3.63, 3.8) is 0 Å². The molecule has 1 atom stereocenters. The van der Waals surface area contributed by atoms with Gasteiger partial charge in [0.1, 0.15) is 0 Å². The monoisotopic (exact) mass is 158 g/mol. The molecule has 1 saturated heterocycles. The molecule has 1 nitrogen and oxygen atoms in total. The van der Waals surface area contributed by atoms with Crippen molar-refractivity contribution in [2.45, 2.75) is 24.1 Å². The first-order valence-electron chi connectivity index (χ1n) is 3.91. The second kappa shape index (κ2) is 3.03. The van der Waals surface area contributed by atoms with E-state index in [2.05, 4.69) is 7.44 Å². The fraction of sp³-hybridized carbons (Fsp3) is 1.00. The number of ether oxygens (including phenoxy) is 1. The van der Waals surface area contributed by atoms with Gasteiger partial charge in [0.2, 0.25) is 0 Å². The third-order valence-corrected chi connectivity index (χ3v) is 7.26. The molecule has 52 valence electrons. The first-order valence-corrected chi connectivity index (χ1v) is 7.03. The van der Waals surface area contributed by atoms with Gasteiger partial charge in [-0.1, -0.05) is 0 Å². The summed E-state index contributed by atoms with van der Waals surface area (Å²) in [5, 5.41) is 0. The van der Waals surface area contributed by atoms with E-state index in [4.69, 9.17) is 4.74 Å².